The molecule has 0 radical (unpaired) electrons. The zero-order chi connectivity index (χ0) is 17.3. The van der Waals surface area contributed by atoms with E-state index in [9.17, 15) is 14.4 Å². The molecule has 1 aromatic carbocycles. The Morgan fingerprint density at radius 3 is 2.67 bits per heavy atom. The number of carboxylic acids is 1. The van der Waals surface area contributed by atoms with Gasteiger partial charge in [0, 0.05) is 17.3 Å². The van der Waals surface area contributed by atoms with Gasteiger partial charge in [-0.25, -0.2) is 18.9 Å². The SMILES string of the molecule is Cc1ccc(-c2ccc(-n3cc(C(=O)O)cn3)nc2C#N)c(F)c1. The molecular weight excluding hydrogens is 311 g/mol. The standard InChI is InChI=1S/C17H11FN4O2/c1-10-2-3-12(14(18)6-10)13-4-5-16(21-15(13)7-19)22-9-11(8-20-22)17(23)24/h2-6,8-9H,1H3,(H,23,24). The molecule has 0 aliphatic rings. The molecule has 0 spiro atoms. The maximum Gasteiger partial charge on any atom is 0.338 e. The maximum absolute atomic E-state index is 14.1. The van der Waals surface area contributed by atoms with E-state index in [0.717, 1.165) is 5.56 Å². The van der Waals surface area contributed by atoms with Gasteiger partial charge in [0.25, 0.3) is 0 Å². The fraction of sp³-hybridized carbons (Fsp3) is 0.0588. The number of rotatable bonds is 3. The molecule has 2 heterocycles. The molecular formula is C17H11FN4O2. The molecule has 3 aromatic rings. The summed E-state index contributed by atoms with van der Waals surface area (Å²) in [6.07, 6.45) is 2.47. The normalized spacial score (nSPS) is 10.4. The summed E-state index contributed by atoms with van der Waals surface area (Å²) >= 11 is 0. The van der Waals surface area contributed by atoms with Crippen molar-refractivity contribution in [2.75, 3.05) is 0 Å². The van der Waals surface area contributed by atoms with Gasteiger partial charge in [-0.05, 0) is 30.7 Å². The van der Waals surface area contributed by atoms with Gasteiger partial charge >= 0.3 is 5.97 Å². The highest BCUT2D eigenvalue weighted by Crippen LogP contribution is 2.26. The molecule has 0 aliphatic heterocycles. The first-order chi connectivity index (χ1) is 11.5. The highest BCUT2D eigenvalue weighted by atomic mass is 19.1. The Morgan fingerprint density at radius 1 is 1.29 bits per heavy atom. The molecule has 0 saturated heterocycles. The van der Waals surface area contributed by atoms with Crippen LogP contribution >= 0.6 is 0 Å². The van der Waals surface area contributed by atoms with E-state index in [1.54, 1.807) is 31.2 Å². The van der Waals surface area contributed by atoms with Crippen LogP contribution < -0.4 is 0 Å². The van der Waals surface area contributed by atoms with E-state index in [1.807, 2.05) is 6.07 Å². The van der Waals surface area contributed by atoms with Crippen molar-refractivity contribution in [3.63, 3.8) is 0 Å². The van der Waals surface area contributed by atoms with E-state index in [2.05, 4.69) is 10.1 Å². The average molecular weight is 322 g/mol. The molecule has 0 amide bonds. The number of aromatic carboxylic acids is 1. The lowest BCUT2D eigenvalue weighted by Gasteiger charge is -2.08. The van der Waals surface area contributed by atoms with E-state index in [0.29, 0.717) is 5.56 Å². The summed E-state index contributed by atoms with van der Waals surface area (Å²) < 4.78 is 15.4. The molecule has 0 bridgehead atoms. The number of pyridine rings is 1. The Kier molecular flexibility index (Phi) is 3.80. The van der Waals surface area contributed by atoms with Crippen LogP contribution in [0.4, 0.5) is 4.39 Å². The van der Waals surface area contributed by atoms with Gasteiger partial charge < -0.3 is 5.11 Å². The van der Waals surface area contributed by atoms with Crippen LogP contribution in [0.3, 0.4) is 0 Å². The second kappa shape index (κ2) is 5.93. The highest BCUT2D eigenvalue weighted by Gasteiger charge is 2.14. The van der Waals surface area contributed by atoms with E-state index in [-0.39, 0.29) is 22.6 Å². The van der Waals surface area contributed by atoms with Crippen LogP contribution in [0, 0.1) is 24.1 Å². The summed E-state index contributed by atoms with van der Waals surface area (Å²) in [6, 6.07) is 9.79. The van der Waals surface area contributed by atoms with Crippen LogP contribution in [0.2, 0.25) is 0 Å². The van der Waals surface area contributed by atoms with Crippen LogP contribution in [-0.4, -0.2) is 25.8 Å². The molecule has 2 aromatic heterocycles. The zero-order valence-electron chi connectivity index (χ0n) is 12.6. The monoisotopic (exact) mass is 322 g/mol. The van der Waals surface area contributed by atoms with E-state index < -0.39 is 11.8 Å². The Hall–Kier alpha value is -3.53. The summed E-state index contributed by atoms with van der Waals surface area (Å²) in [5.41, 5.74) is 1.45. The van der Waals surface area contributed by atoms with Crippen molar-refractivity contribution in [3.05, 3.63) is 65.4 Å². The van der Waals surface area contributed by atoms with Gasteiger partial charge in [-0.1, -0.05) is 12.1 Å². The Morgan fingerprint density at radius 2 is 2.04 bits per heavy atom. The van der Waals surface area contributed by atoms with E-state index >= 15 is 0 Å². The van der Waals surface area contributed by atoms with Crippen LogP contribution in [0.1, 0.15) is 21.6 Å². The van der Waals surface area contributed by atoms with Gasteiger partial charge in [-0.3, -0.25) is 0 Å². The van der Waals surface area contributed by atoms with Crippen molar-refractivity contribution in [2.45, 2.75) is 6.92 Å². The van der Waals surface area contributed by atoms with Gasteiger partial charge in [0.05, 0.1) is 11.8 Å². The van der Waals surface area contributed by atoms with Gasteiger partial charge in [-0.2, -0.15) is 10.4 Å². The number of nitriles is 1. The average Bonchev–Trinajstić information content (AvgIpc) is 3.05. The van der Waals surface area contributed by atoms with Crippen molar-refractivity contribution < 1.29 is 14.3 Å². The second-order valence-electron chi connectivity index (χ2n) is 5.14. The van der Waals surface area contributed by atoms with Crippen molar-refractivity contribution in [3.8, 4) is 23.0 Å². The molecule has 1 N–H and O–H groups in total. The first-order valence-corrected chi connectivity index (χ1v) is 6.95. The lowest BCUT2D eigenvalue weighted by Crippen LogP contribution is -2.02. The van der Waals surface area contributed by atoms with Crippen LogP contribution in [-0.2, 0) is 0 Å². The number of carboxylic acid groups (broad SMARTS) is 1. The third-order valence-electron chi connectivity index (χ3n) is 3.47. The van der Waals surface area contributed by atoms with E-state index in [4.69, 9.17) is 5.11 Å². The van der Waals surface area contributed by atoms with Gasteiger partial charge in [0.2, 0.25) is 0 Å². The first kappa shape index (κ1) is 15.4. The highest BCUT2D eigenvalue weighted by molar-refractivity contribution is 5.87. The first-order valence-electron chi connectivity index (χ1n) is 6.95. The third-order valence-corrected chi connectivity index (χ3v) is 3.47. The fourth-order valence-electron chi connectivity index (χ4n) is 2.28. The van der Waals surface area contributed by atoms with Crippen LogP contribution in [0.5, 0.6) is 0 Å². The smallest absolute Gasteiger partial charge is 0.338 e. The van der Waals surface area contributed by atoms with Gasteiger partial charge in [0.15, 0.2) is 11.5 Å². The molecule has 0 atom stereocenters. The molecule has 0 unspecified atom stereocenters. The number of halogens is 1. The minimum atomic E-state index is -1.11. The maximum atomic E-state index is 14.1. The van der Waals surface area contributed by atoms with Gasteiger partial charge in [-0.15, -0.1) is 0 Å². The fourth-order valence-corrected chi connectivity index (χ4v) is 2.28. The van der Waals surface area contributed by atoms with Crippen molar-refractivity contribution in [1.29, 1.82) is 5.26 Å². The lowest BCUT2D eigenvalue weighted by atomic mass is 10.0. The second-order valence-corrected chi connectivity index (χ2v) is 5.14. The number of carbonyl (C=O) groups is 1. The van der Waals surface area contributed by atoms with Crippen molar-refractivity contribution in [2.24, 2.45) is 0 Å². The third kappa shape index (κ3) is 2.73. The molecule has 3 rings (SSSR count). The quantitative estimate of drug-likeness (QED) is 0.800. The molecule has 24 heavy (non-hydrogen) atoms. The minimum absolute atomic E-state index is 0.00367. The molecule has 118 valence electrons. The summed E-state index contributed by atoms with van der Waals surface area (Å²) in [5.74, 6) is -1.27. The topological polar surface area (TPSA) is 91.8 Å². The number of benzene rings is 1. The number of nitrogens with zero attached hydrogens (tertiary/aromatic N) is 4. The summed E-state index contributed by atoms with van der Waals surface area (Å²) in [6.45, 7) is 1.77. The largest absolute Gasteiger partial charge is 0.478 e. The summed E-state index contributed by atoms with van der Waals surface area (Å²) in [7, 11) is 0. The van der Waals surface area contributed by atoms with Crippen LogP contribution in [0.25, 0.3) is 16.9 Å². The lowest BCUT2D eigenvalue weighted by molar-refractivity contribution is 0.0697. The van der Waals surface area contributed by atoms with Crippen molar-refractivity contribution in [1.82, 2.24) is 14.8 Å². The summed E-state index contributed by atoms with van der Waals surface area (Å²) in [5, 5.41) is 22.2. The van der Waals surface area contributed by atoms with Gasteiger partial charge in [0.1, 0.15) is 11.9 Å². The number of aromatic nitrogens is 3. The molecule has 0 aliphatic carbocycles. The molecule has 0 saturated carbocycles. The predicted molar refractivity (Wildman–Crippen MR) is 83.2 cm³/mol. The number of hydrogen-bond acceptors (Lipinski definition) is 4. The molecule has 7 heteroatoms. The minimum Gasteiger partial charge on any atom is -0.478 e. The van der Waals surface area contributed by atoms with E-state index in [1.165, 1.54) is 23.1 Å². The van der Waals surface area contributed by atoms with Crippen LogP contribution in [0.15, 0.2) is 42.7 Å². The van der Waals surface area contributed by atoms with Crippen molar-refractivity contribution >= 4 is 5.97 Å². The number of aryl methyl sites for hydroxylation is 1. The Labute approximate surface area is 136 Å². The Balaban J connectivity index is 2.08. The zero-order valence-corrected chi connectivity index (χ0v) is 12.6. The molecule has 0 fully saturated rings. The Bertz CT molecular complexity index is 988. The molecule has 6 nitrogen and oxygen atoms in total. The predicted octanol–water partition coefficient (Wildman–Crippen LogP) is 2.95. The summed E-state index contributed by atoms with van der Waals surface area (Å²) in [4.78, 5) is 15.1. The number of hydrogen-bond donors (Lipinski definition) is 1.